The summed E-state index contributed by atoms with van der Waals surface area (Å²) in [5, 5.41) is 7.01. The van der Waals surface area contributed by atoms with E-state index in [1.54, 1.807) is 0 Å². The van der Waals surface area contributed by atoms with Gasteiger partial charge in [-0.2, -0.15) is 0 Å². The fourth-order valence-corrected chi connectivity index (χ4v) is 8.46. The van der Waals surface area contributed by atoms with Crippen molar-refractivity contribution in [2.75, 3.05) is 0 Å². The van der Waals surface area contributed by atoms with Gasteiger partial charge in [0, 0.05) is 38.6 Å². The van der Waals surface area contributed by atoms with Crippen LogP contribution in [0.5, 0.6) is 0 Å². The van der Waals surface area contributed by atoms with Crippen LogP contribution in [0.25, 0.3) is 71.3 Å². The van der Waals surface area contributed by atoms with Gasteiger partial charge in [-0.25, -0.2) is 4.99 Å². The van der Waals surface area contributed by atoms with Crippen LogP contribution in [-0.4, -0.2) is 5.71 Å². The third-order valence-electron chi connectivity index (χ3n) is 10.7. The van der Waals surface area contributed by atoms with Gasteiger partial charge in [0.1, 0.15) is 22.3 Å². The Labute approximate surface area is 288 Å². The van der Waals surface area contributed by atoms with Crippen LogP contribution in [-0.2, 0) is 6.42 Å². The Bertz CT molecular complexity index is 2990. The standard InChI is InChI=1S/C47H29NO2/c1-27-22-40(47(48-41-15-7-4-11-31(27)41)29-19-20-35-33-13-5-8-16-42(33)49-44(35)24-29)39-23-30-25-45-38(34-14-6-9-17-43(34)50-45)26-37(30)36-21-18-28-10-2-3-12-32(28)46(36)39/h2-22,24-26,39H,1,23H2. The Kier molecular flexibility index (Phi) is 5.65. The second-order valence-corrected chi connectivity index (χ2v) is 13.5. The first-order valence-electron chi connectivity index (χ1n) is 17.1. The molecular weight excluding hydrogens is 611 g/mol. The fourth-order valence-electron chi connectivity index (χ4n) is 8.46. The molecule has 0 saturated carbocycles. The molecule has 234 valence electrons. The van der Waals surface area contributed by atoms with Gasteiger partial charge in [0.15, 0.2) is 0 Å². The predicted molar refractivity (Wildman–Crippen MR) is 207 cm³/mol. The summed E-state index contributed by atoms with van der Waals surface area (Å²) >= 11 is 0. The van der Waals surface area contributed by atoms with E-state index in [-0.39, 0.29) is 5.92 Å². The maximum absolute atomic E-state index is 6.43. The van der Waals surface area contributed by atoms with Crippen molar-refractivity contribution < 1.29 is 8.83 Å². The lowest BCUT2D eigenvalue weighted by atomic mass is 9.71. The predicted octanol–water partition coefficient (Wildman–Crippen LogP) is 12.7. The zero-order valence-electron chi connectivity index (χ0n) is 27.1. The molecule has 1 aliphatic carbocycles. The highest BCUT2D eigenvalue weighted by Crippen LogP contribution is 2.50. The van der Waals surface area contributed by atoms with E-state index in [1.165, 1.54) is 33.0 Å². The first kappa shape index (κ1) is 27.5. The van der Waals surface area contributed by atoms with Gasteiger partial charge in [0.25, 0.3) is 0 Å². The Morgan fingerprint density at radius 2 is 1.22 bits per heavy atom. The average Bonchev–Trinajstić information content (AvgIpc) is 3.67. The van der Waals surface area contributed by atoms with E-state index >= 15 is 0 Å². The summed E-state index contributed by atoms with van der Waals surface area (Å²) in [5.74, 6) is 0.00149. The molecular formula is C47H29NO2. The Hall–Kier alpha value is -6.45. The molecule has 2 aliphatic rings. The van der Waals surface area contributed by atoms with Gasteiger partial charge in [-0.15, -0.1) is 0 Å². The minimum absolute atomic E-state index is 0.00149. The zero-order valence-corrected chi connectivity index (χ0v) is 27.1. The van der Waals surface area contributed by atoms with Crippen LogP contribution < -0.4 is 0 Å². The summed E-state index contributed by atoms with van der Waals surface area (Å²) in [6, 6.07) is 49.4. The smallest absolute Gasteiger partial charge is 0.136 e. The third kappa shape index (κ3) is 3.95. The molecule has 0 radical (unpaired) electrons. The van der Waals surface area contributed by atoms with Crippen LogP contribution >= 0.6 is 0 Å². The summed E-state index contributed by atoms with van der Waals surface area (Å²) in [5.41, 5.74) is 14.7. The topological polar surface area (TPSA) is 38.6 Å². The second-order valence-electron chi connectivity index (χ2n) is 13.5. The fraction of sp³-hybridized carbons (Fsp3) is 0.0426. The number of benzene rings is 7. The first-order valence-corrected chi connectivity index (χ1v) is 17.1. The van der Waals surface area contributed by atoms with Crippen LogP contribution in [0.2, 0.25) is 0 Å². The number of furan rings is 2. The molecule has 2 aromatic heterocycles. The maximum Gasteiger partial charge on any atom is 0.136 e. The zero-order chi connectivity index (χ0) is 32.9. The number of para-hydroxylation sites is 3. The van der Waals surface area contributed by atoms with Gasteiger partial charge in [0.05, 0.1) is 11.4 Å². The molecule has 0 spiro atoms. The van der Waals surface area contributed by atoms with Crippen molar-refractivity contribution in [3.05, 3.63) is 180 Å². The van der Waals surface area contributed by atoms with E-state index in [2.05, 4.69) is 134 Å². The molecule has 3 nitrogen and oxygen atoms in total. The Balaban J connectivity index is 1.18. The lowest BCUT2D eigenvalue weighted by Gasteiger charge is -2.32. The highest BCUT2D eigenvalue weighted by atomic mass is 16.3. The number of hydrogen-bond donors (Lipinski definition) is 0. The van der Waals surface area contributed by atoms with Crippen LogP contribution in [0.1, 0.15) is 28.2 Å². The molecule has 0 bridgehead atoms. The average molecular weight is 640 g/mol. The summed E-state index contributed by atoms with van der Waals surface area (Å²) in [7, 11) is 0. The van der Waals surface area contributed by atoms with Crippen LogP contribution in [0.15, 0.2) is 172 Å². The highest BCUT2D eigenvalue weighted by molar-refractivity contribution is 6.20. The highest BCUT2D eigenvalue weighted by Gasteiger charge is 2.33. The molecule has 1 unspecified atom stereocenters. The van der Waals surface area contributed by atoms with E-state index in [9.17, 15) is 0 Å². The van der Waals surface area contributed by atoms with Gasteiger partial charge < -0.3 is 8.83 Å². The monoisotopic (exact) mass is 639 g/mol. The van der Waals surface area contributed by atoms with Gasteiger partial charge in [-0.3, -0.25) is 0 Å². The van der Waals surface area contributed by atoms with E-state index in [4.69, 9.17) is 13.8 Å². The lowest BCUT2D eigenvalue weighted by molar-refractivity contribution is 0.667. The minimum Gasteiger partial charge on any atom is -0.456 e. The SMILES string of the molecule is C=C1C=C(C2Cc3cc4oc5ccccc5c4cc3-c3ccc4ccccc4c32)C(c2ccc3c(c2)oc2ccccc23)=Nc2ccccc21. The summed E-state index contributed by atoms with van der Waals surface area (Å²) in [4.78, 5) is 5.49. The summed E-state index contributed by atoms with van der Waals surface area (Å²) < 4.78 is 12.8. The van der Waals surface area contributed by atoms with Crippen molar-refractivity contribution in [3.8, 4) is 11.1 Å². The quantitative estimate of drug-likeness (QED) is 0.189. The molecule has 50 heavy (non-hydrogen) atoms. The molecule has 11 rings (SSSR count). The number of fused-ring (bicyclic) bond motifs is 12. The van der Waals surface area contributed by atoms with Crippen LogP contribution in [0.3, 0.4) is 0 Å². The maximum atomic E-state index is 6.43. The second kappa shape index (κ2) is 10.3. The van der Waals surface area contributed by atoms with Crippen molar-refractivity contribution in [1.82, 2.24) is 0 Å². The normalized spacial score (nSPS) is 15.6. The molecule has 9 aromatic rings. The molecule has 0 fully saturated rings. The van der Waals surface area contributed by atoms with Crippen molar-refractivity contribution in [2.45, 2.75) is 12.3 Å². The molecule has 1 aliphatic heterocycles. The molecule has 0 N–H and O–H groups in total. The van der Waals surface area contributed by atoms with Gasteiger partial charge in [-0.05, 0) is 99.1 Å². The first-order chi connectivity index (χ1) is 24.7. The number of nitrogens with zero attached hydrogens (tertiary/aromatic N) is 1. The Morgan fingerprint density at radius 3 is 2.06 bits per heavy atom. The summed E-state index contributed by atoms with van der Waals surface area (Å²) in [6.45, 7) is 4.61. The van der Waals surface area contributed by atoms with Crippen LogP contribution in [0, 0.1) is 0 Å². The molecule has 3 heteroatoms. The molecule has 1 atom stereocenters. The molecule has 3 heterocycles. The third-order valence-corrected chi connectivity index (χ3v) is 10.7. The Morgan fingerprint density at radius 1 is 0.540 bits per heavy atom. The number of rotatable bonds is 2. The van der Waals surface area contributed by atoms with Crippen molar-refractivity contribution in [1.29, 1.82) is 0 Å². The van der Waals surface area contributed by atoms with E-state index in [1.807, 2.05) is 18.2 Å². The number of allylic oxidation sites excluding steroid dienone is 3. The molecule has 0 saturated heterocycles. The van der Waals surface area contributed by atoms with Crippen molar-refractivity contribution in [3.63, 3.8) is 0 Å². The molecule has 0 amide bonds. The van der Waals surface area contributed by atoms with Gasteiger partial charge in [0.2, 0.25) is 0 Å². The van der Waals surface area contributed by atoms with E-state index in [0.29, 0.717) is 0 Å². The van der Waals surface area contributed by atoms with Crippen LogP contribution in [0.4, 0.5) is 5.69 Å². The number of aliphatic imine (C=N–C) groups is 1. The van der Waals surface area contributed by atoms with Crippen molar-refractivity contribution in [2.24, 2.45) is 4.99 Å². The lowest BCUT2D eigenvalue weighted by Crippen LogP contribution is -2.20. The van der Waals surface area contributed by atoms with Crippen molar-refractivity contribution >= 4 is 71.6 Å². The van der Waals surface area contributed by atoms with Gasteiger partial charge >= 0.3 is 0 Å². The number of hydrogen-bond acceptors (Lipinski definition) is 3. The minimum atomic E-state index is 0.00149. The van der Waals surface area contributed by atoms with Gasteiger partial charge in [-0.1, -0.05) is 104 Å². The van der Waals surface area contributed by atoms with E-state index < -0.39 is 0 Å². The largest absolute Gasteiger partial charge is 0.456 e. The molecule has 7 aromatic carbocycles. The summed E-state index contributed by atoms with van der Waals surface area (Å²) in [6.07, 6.45) is 3.08. The van der Waals surface area contributed by atoms with E-state index in [0.717, 1.165) is 84.0 Å².